The summed E-state index contributed by atoms with van der Waals surface area (Å²) >= 11 is 0. The highest BCUT2D eigenvalue weighted by molar-refractivity contribution is 7.47. The summed E-state index contributed by atoms with van der Waals surface area (Å²) in [6.45, 7) is 3.34. The zero-order valence-electron chi connectivity index (χ0n) is 47.6. The Labute approximate surface area is 468 Å². The van der Waals surface area contributed by atoms with Gasteiger partial charge in [-0.25, -0.2) is 4.57 Å². The van der Waals surface area contributed by atoms with Crippen molar-refractivity contribution >= 4 is 19.8 Å². The number of rotatable bonds is 51. The molecule has 0 radical (unpaired) electrons. The van der Waals surface area contributed by atoms with Crippen LogP contribution in [0.15, 0.2) is 194 Å². The van der Waals surface area contributed by atoms with Gasteiger partial charge in [-0.15, -0.1) is 0 Å². The van der Waals surface area contributed by atoms with Crippen molar-refractivity contribution in [2.75, 3.05) is 26.4 Å². The summed E-state index contributed by atoms with van der Waals surface area (Å²) in [5.41, 5.74) is 5.36. The lowest BCUT2D eigenvalue weighted by Crippen LogP contribution is -2.29. The molecule has 77 heavy (non-hydrogen) atoms. The molecule has 10 heteroatoms. The molecule has 0 saturated heterocycles. The number of carbonyl (C=O) groups is 2. The SMILES string of the molecule is CC/C=C\C/C=C\C/C=C\C/C=C\C/C=C\C/C=C\C/C=C\C/C=C\C/C=C\C/C=C\C/C=C\CCCCCCCCCC(=O)OC(COC(=O)C/C=C\C/C=C\C/C=C\C/C=C\C/C=C\CC)COP(=O)(O)OCCN. The van der Waals surface area contributed by atoms with E-state index in [4.69, 9.17) is 24.3 Å². The molecule has 0 aromatic rings. The molecule has 0 aromatic heterocycles. The van der Waals surface area contributed by atoms with Gasteiger partial charge in [0, 0.05) is 13.0 Å². The summed E-state index contributed by atoms with van der Waals surface area (Å²) in [4.78, 5) is 35.0. The van der Waals surface area contributed by atoms with E-state index in [-0.39, 0.29) is 32.6 Å². The van der Waals surface area contributed by atoms with Gasteiger partial charge in [-0.2, -0.15) is 0 Å². The van der Waals surface area contributed by atoms with Crippen LogP contribution in [-0.4, -0.2) is 49.3 Å². The van der Waals surface area contributed by atoms with E-state index < -0.39 is 32.5 Å². The predicted octanol–water partition coefficient (Wildman–Crippen LogP) is 18.6. The van der Waals surface area contributed by atoms with Crippen molar-refractivity contribution in [3.05, 3.63) is 194 Å². The van der Waals surface area contributed by atoms with Crippen LogP contribution in [0.25, 0.3) is 0 Å². The summed E-state index contributed by atoms with van der Waals surface area (Å²) in [6.07, 6.45) is 92.4. The highest BCUT2D eigenvalue weighted by Crippen LogP contribution is 2.43. The second-order valence-electron chi connectivity index (χ2n) is 18.1. The second kappa shape index (κ2) is 60.1. The molecule has 3 N–H and O–H groups in total. The van der Waals surface area contributed by atoms with E-state index in [0.717, 1.165) is 135 Å². The van der Waals surface area contributed by atoms with E-state index in [9.17, 15) is 19.0 Å². The molecule has 0 rings (SSSR count). The number of phosphoric acid groups is 1. The second-order valence-corrected chi connectivity index (χ2v) is 19.5. The van der Waals surface area contributed by atoms with Crippen molar-refractivity contribution in [1.29, 1.82) is 0 Å². The van der Waals surface area contributed by atoms with Crippen molar-refractivity contribution in [3.8, 4) is 0 Å². The minimum Gasteiger partial charge on any atom is -0.461 e. The van der Waals surface area contributed by atoms with Gasteiger partial charge in [0.1, 0.15) is 6.61 Å². The third-order valence-electron chi connectivity index (χ3n) is 11.0. The summed E-state index contributed by atoms with van der Waals surface area (Å²) in [7, 11) is -4.42. The van der Waals surface area contributed by atoms with Crippen molar-refractivity contribution < 1.29 is 37.6 Å². The van der Waals surface area contributed by atoms with Crippen molar-refractivity contribution in [2.24, 2.45) is 5.73 Å². The Morgan fingerprint density at radius 1 is 0.403 bits per heavy atom. The first-order chi connectivity index (χ1) is 37.8. The average molecular weight is 1080 g/mol. The lowest BCUT2D eigenvalue weighted by Gasteiger charge is -2.19. The van der Waals surface area contributed by atoms with Crippen molar-refractivity contribution in [2.45, 2.75) is 187 Å². The maximum Gasteiger partial charge on any atom is 0.472 e. The Kier molecular flexibility index (Phi) is 56.1. The van der Waals surface area contributed by atoms with Gasteiger partial charge in [-0.05, 0) is 122 Å². The minimum atomic E-state index is -4.42. The van der Waals surface area contributed by atoms with Crippen LogP contribution in [0.4, 0.5) is 0 Å². The van der Waals surface area contributed by atoms with Gasteiger partial charge >= 0.3 is 19.8 Å². The lowest BCUT2D eigenvalue weighted by molar-refractivity contribution is -0.160. The van der Waals surface area contributed by atoms with Gasteiger partial charge in [0.25, 0.3) is 0 Å². The van der Waals surface area contributed by atoms with Crippen molar-refractivity contribution in [3.63, 3.8) is 0 Å². The minimum absolute atomic E-state index is 0.0293. The normalized spacial score (nSPS) is 14.5. The summed E-state index contributed by atoms with van der Waals surface area (Å²) in [5.74, 6) is -1.01. The topological polar surface area (TPSA) is 134 Å². The van der Waals surface area contributed by atoms with Crippen molar-refractivity contribution in [1.82, 2.24) is 0 Å². The fourth-order valence-electron chi connectivity index (χ4n) is 6.83. The third-order valence-corrected chi connectivity index (χ3v) is 12.0. The van der Waals surface area contributed by atoms with E-state index >= 15 is 0 Å². The number of esters is 2. The van der Waals surface area contributed by atoms with Crippen LogP contribution in [0.2, 0.25) is 0 Å². The standard InChI is InChI=1S/C67H102NO8P/c1-3-5-7-9-11-13-15-17-19-20-21-22-23-24-25-26-27-28-29-30-31-32-33-34-35-36-37-38-39-40-41-42-43-44-46-48-50-52-54-56-58-60-67(70)76-65(64-75-77(71,72)74-62-61-68)63-73-66(69)59-57-55-53-51-49-47-45-18-16-14-12-10-8-6-4-2/h5-8,11-14,17-19,21-22,24-25,27-28,30-31,33-34,36-37,39-40,42-43,45,49,51,55,57,65H,3-4,9-10,15-16,20,23,26,29,32,35,38,41,44,46-48,50,52-54,56,58-64,68H2,1-2H3,(H,71,72)/b7-5-,8-6-,13-11-,14-12-,19-17-,22-21-,25-24-,28-27-,31-30-,34-33-,37-36-,40-39-,43-42-,45-18-,51-49-,57-55-. The molecule has 0 amide bonds. The molecule has 0 aliphatic rings. The largest absolute Gasteiger partial charge is 0.472 e. The number of hydrogen-bond donors (Lipinski definition) is 2. The van der Waals surface area contributed by atoms with Crippen LogP contribution in [0.1, 0.15) is 181 Å². The Balaban J connectivity index is 4.08. The van der Waals surface area contributed by atoms with Crippen LogP contribution in [0.5, 0.6) is 0 Å². The van der Waals surface area contributed by atoms with E-state index in [1.54, 1.807) is 6.08 Å². The highest BCUT2D eigenvalue weighted by Gasteiger charge is 2.25. The number of phosphoric ester groups is 1. The van der Waals surface area contributed by atoms with E-state index in [1.807, 2.05) is 12.2 Å². The first kappa shape index (κ1) is 71.8. The fraction of sp³-hybridized carbons (Fsp3) is 0.493. The zero-order valence-corrected chi connectivity index (χ0v) is 48.5. The predicted molar refractivity (Wildman–Crippen MR) is 329 cm³/mol. The number of nitrogens with two attached hydrogens (primary N) is 1. The molecule has 0 heterocycles. The number of ether oxygens (including phenoxy) is 2. The molecule has 0 bridgehead atoms. The van der Waals surface area contributed by atoms with Gasteiger partial charge in [0.05, 0.1) is 19.6 Å². The van der Waals surface area contributed by atoms with Crippen LogP contribution in [0, 0.1) is 0 Å². The van der Waals surface area contributed by atoms with Crippen LogP contribution in [0.3, 0.4) is 0 Å². The lowest BCUT2D eigenvalue weighted by atomic mass is 10.1. The van der Waals surface area contributed by atoms with Gasteiger partial charge < -0.3 is 20.1 Å². The molecule has 0 aromatic carbocycles. The first-order valence-corrected chi connectivity index (χ1v) is 30.4. The molecular weight excluding hydrogens is 978 g/mol. The molecule has 0 aliphatic heterocycles. The van der Waals surface area contributed by atoms with Gasteiger partial charge in [-0.3, -0.25) is 18.6 Å². The third kappa shape index (κ3) is 59.9. The van der Waals surface area contributed by atoms with E-state index in [0.29, 0.717) is 12.8 Å². The summed E-state index contributed by atoms with van der Waals surface area (Å²) < 4.78 is 32.8. The van der Waals surface area contributed by atoms with Crippen LogP contribution < -0.4 is 5.73 Å². The van der Waals surface area contributed by atoms with Crippen LogP contribution in [-0.2, 0) is 32.7 Å². The quantitative estimate of drug-likeness (QED) is 0.0264. The molecular formula is C67H102NO8P. The molecule has 2 unspecified atom stereocenters. The van der Waals surface area contributed by atoms with E-state index in [2.05, 4.69) is 190 Å². The Morgan fingerprint density at radius 3 is 1.06 bits per heavy atom. The molecule has 428 valence electrons. The van der Waals surface area contributed by atoms with Gasteiger partial charge in [0.15, 0.2) is 6.10 Å². The first-order valence-electron chi connectivity index (χ1n) is 28.9. The molecule has 0 saturated carbocycles. The molecule has 2 atom stereocenters. The number of unbranched alkanes of at least 4 members (excludes halogenated alkanes) is 7. The Morgan fingerprint density at radius 2 is 0.714 bits per heavy atom. The Bertz CT molecular complexity index is 1950. The Hall–Kier alpha value is -5.15. The smallest absolute Gasteiger partial charge is 0.461 e. The summed E-state index contributed by atoms with van der Waals surface area (Å²) in [5, 5.41) is 0. The zero-order chi connectivity index (χ0) is 55.9. The molecule has 0 fully saturated rings. The maximum absolute atomic E-state index is 12.7. The average Bonchev–Trinajstić information content (AvgIpc) is 3.42. The molecule has 9 nitrogen and oxygen atoms in total. The van der Waals surface area contributed by atoms with Crippen LogP contribution >= 0.6 is 7.82 Å². The fourth-order valence-corrected chi connectivity index (χ4v) is 7.59. The van der Waals surface area contributed by atoms with E-state index in [1.165, 1.54) is 6.42 Å². The van der Waals surface area contributed by atoms with Gasteiger partial charge in [0.2, 0.25) is 0 Å². The maximum atomic E-state index is 12.7. The molecule has 0 spiro atoms. The van der Waals surface area contributed by atoms with Gasteiger partial charge in [-0.1, -0.05) is 240 Å². The number of hydrogen-bond acceptors (Lipinski definition) is 8. The number of carbonyl (C=O) groups excluding carboxylic acids is 2. The molecule has 0 aliphatic carbocycles. The monoisotopic (exact) mass is 1080 g/mol. The summed E-state index contributed by atoms with van der Waals surface area (Å²) in [6, 6.07) is 0. The highest BCUT2D eigenvalue weighted by atomic mass is 31.2. The number of allylic oxidation sites excluding steroid dienone is 31.